The second-order valence-corrected chi connectivity index (χ2v) is 12.6. The quantitative estimate of drug-likeness (QED) is 0.599. The zero-order valence-electron chi connectivity index (χ0n) is 14.4. The highest BCUT2D eigenvalue weighted by molar-refractivity contribution is 6.74. The molecule has 22 heavy (non-hydrogen) atoms. The average molecular weight is 343 g/mol. The van der Waals surface area contributed by atoms with Gasteiger partial charge in [-0.2, -0.15) is 0 Å². The topological polar surface area (TPSA) is 34.6 Å². The van der Waals surface area contributed by atoms with Gasteiger partial charge >= 0.3 is 0 Å². The molecule has 2 heterocycles. The smallest absolute Gasteiger partial charge is 0.219 e. The van der Waals surface area contributed by atoms with Gasteiger partial charge in [-0.25, -0.2) is 4.98 Å². The van der Waals surface area contributed by atoms with Gasteiger partial charge in [0.15, 0.2) is 8.32 Å². The van der Waals surface area contributed by atoms with Gasteiger partial charge in [0.25, 0.3) is 0 Å². The minimum atomic E-state index is -1.67. The first kappa shape index (κ1) is 17.7. The van der Waals surface area contributed by atoms with Crippen molar-refractivity contribution in [1.82, 2.24) is 9.88 Å². The largest absolute Gasteiger partial charge is 0.481 e. The van der Waals surface area contributed by atoms with E-state index < -0.39 is 8.32 Å². The maximum absolute atomic E-state index is 6.41. The van der Waals surface area contributed by atoms with Gasteiger partial charge in [-0.3, -0.25) is 4.90 Å². The molecule has 1 aromatic heterocycles. The summed E-state index contributed by atoms with van der Waals surface area (Å²) in [5.41, 5.74) is 1.07. The maximum Gasteiger partial charge on any atom is 0.219 e. The molecule has 1 aliphatic rings. The number of ether oxygens (including phenoxy) is 1. The minimum Gasteiger partial charge on any atom is -0.481 e. The molecule has 1 saturated heterocycles. The lowest BCUT2D eigenvalue weighted by Crippen LogP contribution is -2.57. The molecule has 0 atom stereocenters. The van der Waals surface area contributed by atoms with Gasteiger partial charge in [0.2, 0.25) is 5.88 Å². The molecular weight excluding hydrogens is 316 g/mol. The second kappa shape index (κ2) is 6.47. The molecule has 0 bridgehead atoms. The molecule has 1 aromatic rings. The van der Waals surface area contributed by atoms with E-state index in [1.807, 2.05) is 12.1 Å². The monoisotopic (exact) mass is 342 g/mol. The molecule has 2 rings (SSSR count). The van der Waals surface area contributed by atoms with Gasteiger partial charge in [-0.1, -0.05) is 32.4 Å². The van der Waals surface area contributed by atoms with Crippen LogP contribution < -0.4 is 4.74 Å². The first-order valence-corrected chi connectivity index (χ1v) is 11.0. The van der Waals surface area contributed by atoms with E-state index >= 15 is 0 Å². The fourth-order valence-corrected chi connectivity index (χ4v) is 3.78. The summed E-state index contributed by atoms with van der Waals surface area (Å²) in [4.78, 5) is 6.56. The van der Waals surface area contributed by atoms with Crippen LogP contribution in [-0.2, 0) is 11.0 Å². The van der Waals surface area contributed by atoms with E-state index in [0.29, 0.717) is 17.1 Å². The van der Waals surface area contributed by atoms with Crippen molar-refractivity contribution >= 4 is 19.9 Å². The summed E-state index contributed by atoms with van der Waals surface area (Å²) >= 11 is 5.90. The van der Waals surface area contributed by atoms with Crippen molar-refractivity contribution in [2.75, 3.05) is 20.2 Å². The number of methoxy groups -OCH3 is 1. The third-order valence-corrected chi connectivity index (χ3v) is 9.43. The van der Waals surface area contributed by atoms with Crippen LogP contribution in [0.1, 0.15) is 26.3 Å². The molecule has 124 valence electrons. The Morgan fingerprint density at radius 3 is 2.50 bits per heavy atom. The van der Waals surface area contributed by atoms with Crippen LogP contribution in [0.15, 0.2) is 12.1 Å². The molecule has 0 N–H and O–H groups in total. The molecule has 0 aliphatic carbocycles. The van der Waals surface area contributed by atoms with Gasteiger partial charge in [0.05, 0.1) is 13.2 Å². The lowest BCUT2D eigenvalue weighted by Gasteiger charge is -2.46. The molecule has 0 saturated carbocycles. The van der Waals surface area contributed by atoms with Crippen molar-refractivity contribution in [1.29, 1.82) is 0 Å². The molecule has 0 amide bonds. The van der Waals surface area contributed by atoms with Crippen molar-refractivity contribution in [3.05, 3.63) is 22.8 Å². The Hall–Kier alpha value is -0.623. The first-order chi connectivity index (χ1) is 10.1. The summed E-state index contributed by atoms with van der Waals surface area (Å²) < 4.78 is 11.7. The zero-order chi connectivity index (χ0) is 16.5. The van der Waals surface area contributed by atoms with E-state index in [4.69, 9.17) is 20.8 Å². The van der Waals surface area contributed by atoms with Crippen molar-refractivity contribution < 1.29 is 9.16 Å². The van der Waals surface area contributed by atoms with Crippen molar-refractivity contribution in [3.8, 4) is 5.88 Å². The van der Waals surface area contributed by atoms with Crippen molar-refractivity contribution in [2.24, 2.45) is 0 Å². The molecule has 1 fully saturated rings. The van der Waals surface area contributed by atoms with Crippen LogP contribution >= 0.6 is 11.6 Å². The summed E-state index contributed by atoms with van der Waals surface area (Å²) in [5.74, 6) is 0.612. The molecular formula is C16H27ClN2O2Si. The van der Waals surface area contributed by atoms with Crippen LogP contribution in [0.2, 0.25) is 23.3 Å². The van der Waals surface area contributed by atoms with E-state index in [-0.39, 0.29) is 5.04 Å². The number of hydrogen-bond acceptors (Lipinski definition) is 4. The number of nitrogens with zero attached hydrogens (tertiary/aromatic N) is 2. The summed E-state index contributed by atoms with van der Waals surface area (Å²) in [6, 6.07) is 3.79. The second-order valence-electron chi connectivity index (χ2n) is 7.50. The zero-order valence-corrected chi connectivity index (χ0v) is 16.2. The van der Waals surface area contributed by atoms with Crippen LogP contribution in [0.25, 0.3) is 0 Å². The van der Waals surface area contributed by atoms with Crippen LogP contribution in [0.4, 0.5) is 0 Å². The highest BCUT2D eigenvalue weighted by atomic mass is 35.5. The normalized spacial score (nSPS) is 17.4. The Morgan fingerprint density at radius 1 is 1.32 bits per heavy atom. The Labute approximate surface area is 139 Å². The summed E-state index contributed by atoms with van der Waals surface area (Å²) in [7, 11) is -0.0391. The number of pyridine rings is 1. The van der Waals surface area contributed by atoms with Gasteiger partial charge in [0.1, 0.15) is 5.15 Å². The SMILES string of the molecule is COc1nc(Cl)ccc1CN1CC(O[Si](C)(C)C(C)(C)C)C1. The molecule has 0 spiro atoms. The van der Waals surface area contributed by atoms with Gasteiger partial charge in [-0.15, -0.1) is 0 Å². The standard InChI is InChI=1S/C16H27ClN2O2Si/c1-16(2,3)22(5,6)21-13-10-19(11-13)9-12-7-8-14(17)18-15(12)20-4/h7-8,13H,9-11H2,1-6H3. The summed E-state index contributed by atoms with van der Waals surface area (Å²) in [5, 5.41) is 0.722. The number of likely N-dealkylation sites (tertiary alicyclic amines) is 1. The molecule has 0 unspecified atom stereocenters. The molecule has 6 heteroatoms. The van der Waals surface area contributed by atoms with E-state index in [2.05, 4.69) is 43.7 Å². The number of aromatic nitrogens is 1. The van der Waals surface area contributed by atoms with Gasteiger partial charge in [0, 0.05) is 25.2 Å². The number of hydrogen-bond donors (Lipinski definition) is 0. The molecule has 1 aliphatic heterocycles. The van der Waals surface area contributed by atoms with E-state index in [1.165, 1.54) is 0 Å². The van der Waals surface area contributed by atoms with E-state index in [1.54, 1.807) is 7.11 Å². The van der Waals surface area contributed by atoms with Crippen molar-refractivity contribution in [2.45, 2.75) is 51.6 Å². The average Bonchev–Trinajstić information content (AvgIpc) is 2.36. The predicted octanol–water partition coefficient (Wildman–Crippen LogP) is 3.95. The maximum atomic E-state index is 6.41. The predicted molar refractivity (Wildman–Crippen MR) is 93.1 cm³/mol. The summed E-state index contributed by atoms with van der Waals surface area (Å²) in [6.07, 6.45) is 0.354. The van der Waals surface area contributed by atoms with Crippen LogP contribution in [0.5, 0.6) is 5.88 Å². The molecule has 4 nitrogen and oxygen atoms in total. The Bertz CT molecular complexity index is 525. The van der Waals surface area contributed by atoms with Crippen molar-refractivity contribution in [3.63, 3.8) is 0 Å². The molecule has 0 aromatic carbocycles. The van der Waals surface area contributed by atoms with Crippen LogP contribution in [-0.4, -0.2) is 44.5 Å². The first-order valence-electron chi connectivity index (χ1n) is 7.72. The highest BCUT2D eigenvalue weighted by Gasteiger charge is 2.41. The summed E-state index contributed by atoms with van der Waals surface area (Å²) in [6.45, 7) is 14.2. The minimum absolute atomic E-state index is 0.261. The number of rotatable bonds is 5. The number of halogens is 1. The fraction of sp³-hybridized carbons (Fsp3) is 0.688. The van der Waals surface area contributed by atoms with Crippen LogP contribution in [0.3, 0.4) is 0 Å². The van der Waals surface area contributed by atoms with Gasteiger partial charge in [-0.05, 0) is 30.3 Å². The third-order valence-electron chi connectivity index (χ3n) is 4.68. The Balaban J connectivity index is 1.88. The highest BCUT2D eigenvalue weighted by Crippen LogP contribution is 2.38. The fourth-order valence-electron chi connectivity index (χ4n) is 2.30. The van der Waals surface area contributed by atoms with Crippen LogP contribution in [0, 0.1) is 0 Å². The van der Waals surface area contributed by atoms with E-state index in [9.17, 15) is 0 Å². The lowest BCUT2D eigenvalue weighted by molar-refractivity contribution is 0.00516. The Kier molecular flexibility index (Phi) is 5.22. The van der Waals surface area contributed by atoms with E-state index in [0.717, 1.165) is 25.2 Å². The molecule has 0 radical (unpaired) electrons. The third kappa shape index (κ3) is 4.01. The Morgan fingerprint density at radius 2 is 1.95 bits per heavy atom. The van der Waals surface area contributed by atoms with Gasteiger partial charge < -0.3 is 9.16 Å². The lowest BCUT2D eigenvalue weighted by atomic mass is 10.1.